The van der Waals surface area contributed by atoms with Crippen LogP contribution < -0.4 is 10.9 Å². The number of sulfone groups is 1. The van der Waals surface area contributed by atoms with Crippen molar-refractivity contribution >= 4 is 15.5 Å². The third-order valence-electron chi connectivity index (χ3n) is 5.15. The fraction of sp³-hybridized carbons (Fsp3) is 0.211. The molecule has 0 radical (unpaired) electrons. The van der Waals surface area contributed by atoms with Gasteiger partial charge in [-0.25, -0.2) is 17.5 Å². The number of para-hydroxylation sites is 1. The van der Waals surface area contributed by atoms with E-state index in [9.17, 15) is 17.6 Å². The lowest BCUT2D eigenvalue weighted by molar-refractivity contribution is 0.332. The summed E-state index contributed by atoms with van der Waals surface area (Å²) in [7, 11) is -3.27. The Morgan fingerprint density at radius 3 is 2.57 bits per heavy atom. The number of nitrogens with one attached hydrogen (secondary N) is 1. The van der Waals surface area contributed by atoms with Crippen LogP contribution >= 0.6 is 0 Å². The van der Waals surface area contributed by atoms with Crippen molar-refractivity contribution in [2.24, 2.45) is 0 Å². The molecule has 0 aliphatic carbocycles. The fourth-order valence-corrected chi connectivity index (χ4v) is 5.70. The quantitative estimate of drug-likeness (QED) is 0.674. The first kappa shape index (κ1) is 17.1. The second-order valence-corrected chi connectivity index (χ2v) is 9.24. The Morgan fingerprint density at radius 1 is 1.11 bits per heavy atom. The molecular formula is C19H15FN4O3S. The Labute approximate surface area is 159 Å². The van der Waals surface area contributed by atoms with Crippen molar-refractivity contribution < 1.29 is 12.8 Å². The Balaban J connectivity index is 1.79. The van der Waals surface area contributed by atoms with E-state index in [1.165, 1.54) is 28.9 Å². The molecule has 7 nitrogen and oxygen atoms in total. The van der Waals surface area contributed by atoms with Gasteiger partial charge in [-0.1, -0.05) is 12.1 Å². The number of hydrogen-bond acceptors (Lipinski definition) is 6. The molecule has 9 heteroatoms. The molecule has 0 amide bonds. The van der Waals surface area contributed by atoms with Crippen molar-refractivity contribution in [3.63, 3.8) is 0 Å². The molecule has 1 N–H and O–H groups in total. The molecule has 0 unspecified atom stereocenters. The molecule has 0 bridgehead atoms. The van der Waals surface area contributed by atoms with Gasteiger partial charge in [-0.2, -0.15) is 10.1 Å². The number of anilines is 1. The van der Waals surface area contributed by atoms with Crippen LogP contribution in [0.25, 0.3) is 22.6 Å². The maximum Gasteiger partial charge on any atom is 0.300 e. The first-order valence-electron chi connectivity index (χ1n) is 8.73. The normalized spacial score (nSPS) is 21.8. The van der Waals surface area contributed by atoms with Crippen molar-refractivity contribution in [2.75, 3.05) is 16.8 Å². The zero-order valence-electron chi connectivity index (χ0n) is 14.6. The molecular weight excluding hydrogens is 383 g/mol. The van der Waals surface area contributed by atoms with Crippen molar-refractivity contribution in [2.45, 2.75) is 12.1 Å². The predicted molar refractivity (Wildman–Crippen MR) is 102 cm³/mol. The molecule has 1 saturated heterocycles. The molecule has 3 heterocycles. The molecule has 1 aromatic heterocycles. The monoisotopic (exact) mass is 398 g/mol. The van der Waals surface area contributed by atoms with Crippen LogP contribution in [-0.2, 0) is 15.5 Å². The average Bonchev–Trinajstić information content (AvgIpc) is 2.97. The third kappa shape index (κ3) is 2.54. The van der Waals surface area contributed by atoms with Gasteiger partial charge in [-0.05, 0) is 36.4 Å². The molecule has 2 aliphatic rings. The number of rotatable bonds is 1. The summed E-state index contributed by atoms with van der Waals surface area (Å²) in [5.74, 6) is -0.241. The first-order valence-corrected chi connectivity index (χ1v) is 10.5. The van der Waals surface area contributed by atoms with Gasteiger partial charge in [-0.15, -0.1) is 0 Å². The molecule has 1 spiro atoms. The van der Waals surface area contributed by atoms with Crippen LogP contribution in [0, 0.1) is 5.82 Å². The summed E-state index contributed by atoms with van der Waals surface area (Å²) >= 11 is 0. The van der Waals surface area contributed by atoms with Gasteiger partial charge in [0.25, 0.3) is 5.56 Å². The zero-order valence-corrected chi connectivity index (χ0v) is 15.4. The van der Waals surface area contributed by atoms with Crippen molar-refractivity contribution in [1.82, 2.24) is 14.8 Å². The molecule has 142 valence electrons. The van der Waals surface area contributed by atoms with Gasteiger partial charge in [0.05, 0.1) is 11.5 Å². The molecule has 1 fully saturated rings. The van der Waals surface area contributed by atoms with Gasteiger partial charge in [-0.3, -0.25) is 4.79 Å². The smallest absolute Gasteiger partial charge is 0.300 e. The van der Waals surface area contributed by atoms with E-state index in [2.05, 4.69) is 15.4 Å². The van der Waals surface area contributed by atoms with E-state index < -0.39 is 26.9 Å². The highest BCUT2D eigenvalue weighted by molar-refractivity contribution is 7.91. The molecule has 3 aromatic rings. The number of aromatic nitrogens is 3. The van der Waals surface area contributed by atoms with Crippen LogP contribution in [0.4, 0.5) is 10.1 Å². The minimum atomic E-state index is -3.27. The van der Waals surface area contributed by atoms with E-state index in [0.29, 0.717) is 29.1 Å². The van der Waals surface area contributed by atoms with Gasteiger partial charge < -0.3 is 5.32 Å². The highest BCUT2D eigenvalue weighted by Crippen LogP contribution is 2.41. The van der Waals surface area contributed by atoms with Crippen LogP contribution in [0.2, 0.25) is 0 Å². The van der Waals surface area contributed by atoms with Crippen molar-refractivity contribution in [3.8, 4) is 22.6 Å². The van der Waals surface area contributed by atoms with Crippen LogP contribution in [0.3, 0.4) is 0 Å². The Hall–Kier alpha value is -3.07. The van der Waals surface area contributed by atoms with E-state index >= 15 is 0 Å². The van der Waals surface area contributed by atoms with Gasteiger partial charge in [0.1, 0.15) is 11.5 Å². The number of fused-ring (bicyclic) bond motifs is 4. The molecule has 0 saturated carbocycles. The van der Waals surface area contributed by atoms with E-state index in [1.54, 1.807) is 6.07 Å². The van der Waals surface area contributed by atoms with Crippen molar-refractivity contribution in [3.05, 3.63) is 64.7 Å². The van der Waals surface area contributed by atoms with Crippen LogP contribution in [0.1, 0.15) is 6.42 Å². The predicted octanol–water partition coefficient (Wildman–Crippen LogP) is 2.01. The third-order valence-corrected chi connectivity index (χ3v) is 6.90. The average molecular weight is 398 g/mol. The summed E-state index contributed by atoms with van der Waals surface area (Å²) in [6.07, 6.45) is 0.303. The fourth-order valence-electron chi connectivity index (χ4n) is 3.84. The van der Waals surface area contributed by atoms with Gasteiger partial charge in [0.2, 0.25) is 0 Å². The summed E-state index contributed by atoms with van der Waals surface area (Å²) in [5, 5.41) is 7.82. The summed E-state index contributed by atoms with van der Waals surface area (Å²) in [6.45, 7) is 0. The minimum absolute atomic E-state index is 0.0152. The summed E-state index contributed by atoms with van der Waals surface area (Å²) in [6, 6.07) is 12.7. The lowest BCUT2D eigenvalue weighted by Crippen LogP contribution is -2.48. The zero-order chi connectivity index (χ0) is 19.5. The summed E-state index contributed by atoms with van der Waals surface area (Å²) in [4.78, 5) is 16.9. The SMILES string of the molecule is O=c1nc2n(nc1-c1ccc(F)cc1)[C@@]1(CCS(=O)(=O)C1)Nc1ccccc1-2. The second kappa shape index (κ2) is 5.71. The van der Waals surface area contributed by atoms with E-state index in [-0.39, 0.29) is 17.2 Å². The highest BCUT2D eigenvalue weighted by Gasteiger charge is 2.48. The molecule has 2 aromatic carbocycles. The number of nitrogens with zero attached hydrogens (tertiary/aromatic N) is 3. The van der Waals surface area contributed by atoms with E-state index in [1.807, 2.05) is 18.2 Å². The van der Waals surface area contributed by atoms with Crippen LogP contribution in [0.5, 0.6) is 0 Å². The Bertz CT molecular complexity index is 1270. The first-order chi connectivity index (χ1) is 13.4. The maximum absolute atomic E-state index is 13.3. The Morgan fingerprint density at radius 2 is 1.86 bits per heavy atom. The van der Waals surface area contributed by atoms with Gasteiger partial charge in [0.15, 0.2) is 21.4 Å². The molecule has 28 heavy (non-hydrogen) atoms. The summed E-state index contributed by atoms with van der Waals surface area (Å²) in [5.41, 5.74) is 0.289. The van der Waals surface area contributed by atoms with E-state index in [0.717, 1.165) is 0 Å². The maximum atomic E-state index is 13.3. The topological polar surface area (TPSA) is 93.9 Å². The van der Waals surface area contributed by atoms with E-state index in [4.69, 9.17) is 0 Å². The molecule has 2 aliphatic heterocycles. The standard InChI is InChI=1S/C19H15FN4O3S/c20-13-7-5-12(6-8-13)16-18(25)21-17-14-3-1-2-4-15(14)22-19(24(17)23-16)9-10-28(26,27)11-19/h1-8,22H,9-11H2/t19-/m1/s1. The second-order valence-electron chi connectivity index (χ2n) is 7.05. The van der Waals surface area contributed by atoms with Crippen LogP contribution in [-0.4, -0.2) is 34.7 Å². The number of benzene rings is 2. The molecule has 5 rings (SSSR count). The minimum Gasteiger partial charge on any atom is -0.360 e. The highest BCUT2D eigenvalue weighted by atomic mass is 32.2. The lowest BCUT2D eigenvalue weighted by Gasteiger charge is -2.38. The largest absolute Gasteiger partial charge is 0.360 e. The van der Waals surface area contributed by atoms with Crippen LogP contribution in [0.15, 0.2) is 53.3 Å². The summed E-state index contributed by atoms with van der Waals surface area (Å²) < 4.78 is 39.3. The number of halogens is 1. The number of hydrogen-bond donors (Lipinski definition) is 1. The van der Waals surface area contributed by atoms with Gasteiger partial charge >= 0.3 is 0 Å². The van der Waals surface area contributed by atoms with Gasteiger partial charge in [0, 0.05) is 23.2 Å². The van der Waals surface area contributed by atoms with Crippen molar-refractivity contribution in [1.29, 1.82) is 0 Å². The lowest BCUT2D eigenvalue weighted by atomic mass is 10.0. The molecule has 1 atom stereocenters. The Kier molecular flexibility index (Phi) is 3.48.